The average molecular weight is 298 g/mol. The van der Waals surface area contributed by atoms with Crippen molar-refractivity contribution in [1.29, 1.82) is 0 Å². The van der Waals surface area contributed by atoms with Gasteiger partial charge in [-0.25, -0.2) is 0 Å². The van der Waals surface area contributed by atoms with Crippen molar-refractivity contribution < 1.29 is 14.6 Å². The van der Waals surface area contributed by atoms with Gasteiger partial charge in [-0.1, -0.05) is 6.07 Å². The van der Waals surface area contributed by atoms with Crippen LogP contribution in [0.4, 0.5) is 0 Å². The van der Waals surface area contributed by atoms with Gasteiger partial charge >= 0.3 is 0 Å². The van der Waals surface area contributed by atoms with Gasteiger partial charge in [-0.15, -0.1) is 0 Å². The molecule has 0 aliphatic heterocycles. The maximum absolute atomic E-state index is 12.1. The molecule has 1 saturated carbocycles. The summed E-state index contributed by atoms with van der Waals surface area (Å²) in [6.07, 6.45) is 5.80. The van der Waals surface area contributed by atoms with E-state index in [-0.39, 0.29) is 5.91 Å². The van der Waals surface area contributed by atoms with Gasteiger partial charge in [-0.3, -0.25) is 9.78 Å². The molecule has 1 aliphatic carbocycles. The molecule has 0 unspecified atom stereocenters. The Kier molecular flexibility index (Phi) is 4.06. The minimum absolute atomic E-state index is 0.208. The highest BCUT2D eigenvalue weighted by atomic mass is 16.5. The minimum Gasteiger partial charge on any atom is -0.457 e. The molecule has 1 fully saturated rings. The summed E-state index contributed by atoms with van der Waals surface area (Å²) in [5.74, 6) is 1.04. The zero-order valence-electron chi connectivity index (χ0n) is 12.2. The predicted octanol–water partition coefficient (Wildman–Crippen LogP) is 2.52. The lowest BCUT2D eigenvalue weighted by Crippen LogP contribution is -2.47. The monoisotopic (exact) mass is 298 g/mol. The highest BCUT2D eigenvalue weighted by Crippen LogP contribution is 2.30. The first-order valence-electron chi connectivity index (χ1n) is 7.33. The number of nitrogens with one attached hydrogen (secondary N) is 1. The van der Waals surface area contributed by atoms with Crippen molar-refractivity contribution in [2.75, 3.05) is 6.54 Å². The number of hydrogen-bond donors (Lipinski definition) is 2. The van der Waals surface area contributed by atoms with Crippen molar-refractivity contribution >= 4 is 5.91 Å². The summed E-state index contributed by atoms with van der Waals surface area (Å²) in [6.45, 7) is 0.293. The Morgan fingerprint density at radius 1 is 1.23 bits per heavy atom. The second-order valence-corrected chi connectivity index (χ2v) is 5.57. The third kappa shape index (κ3) is 3.43. The van der Waals surface area contributed by atoms with Crippen molar-refractivity contribution in [1.82, 2.24) is 10.3 Å². The van der Waals surface area contributed by atoms with E-state index >= 15 is 0 Å². The van der Waals surface area contributed by atoms with Crippen LogP contribution in [0.5, 0.6) is 11.5 Å². The lowest BCUT2D eigenvalue weighted by molar-refractivity contribution is -0.0300. The van der Waals surface area contributed by atoms with Gasteiger partial charge in [-0.05, 0) is 49.6 Å². The van der Waals surface area contributed by atoms with Gasteiger partial charge in [0.05, 0.1) is 5.60 Å². The number of benzene rings is 1. The molecule has 2 N–H and O–H groups in total. The van der Waals surface area contributed by atoms with Crippen LogP contribution in [-0.2, 0) is 0 Å². The van der Waals surface area contributed by atoms with Crippen LogP contribution in [0.3, 0.4) is 0 Å². The van der Waals surface area contributed by atoms with Crippen molar-refractivity contribution in [3.8, 4) is 11.5 Å². The van der Waals surface area contributed by atoms with Gasteiger partial charge in [-0.2, -0.15) is 0 Å². The molecule has 1 aliphatic rings. The number of rotatable bonds is 5. The number of aromatic nitrogens is 1. The second-order valence-electron chi connectivity index (χ2n) is 5.57. The maximum atomic E-state index is 12.1. The Balaban J connectivity index is 1.64. The molecule has 5 heteroatoms. The first-order chi connectivity index (χ1) is 10.6. The second kappa shape index (κ2) is 6.15. The summed E-state index contributed by atoms with van der Waals surface area (Å²) in [4.78, 5) is 16.1. The molecule has 5 nitrogen and oxygen atoms in total. The van der Waals surface area contributed by atoms with E-state index in [0.717, 1.165) is 19.3 Å². The number of hydrogen-bond acceptors (Lipinski definition) is 4. The number of pyridine rings is 1. The molecule has 0 radical (unpaired) electrons. The SMILES string of the molecule is O=C(NCC1(O)CCC1)c1cccc(Oc2ccncc2)c1. The summed E-state index contributed by atoms with van der Waals surface area (Å²) in [5.41, 5.74) is -0.213. The molecule has 3 rings (SSSR count). The topological polar surface area (TPSA) is 71.5 Å². The van der Waals surface area contributed by atoms with E-state index in [4.69, 9.17) is 4.74 Å². The van der Waals surface area contributed by atoms with Gasteiger partial charge in [0.25, 0.3) is 5.91 Å². The number of nitrogens with zero attached hydrogens (tertiary/aromatic N) is 1. The van der Waals surface area contributed by atoms with Gasteiger partial charge in [0.1, 0.15) is 11.5 Å². The van der Waals surface area contributed by atoms with Crippen LogP contribution in [0.1, 0.15) is 29.6 Å². The van der Waals surface area contributed by atoms with E-state index in [1.54, 1.807) is 48.8 Å². The normalized spacial score (nSPS) is 15.7. The first-order valence-corrected chi connectivity index (χ1v) is 7.33. The largest absolute Gasteiger partial charge is 0.457 e. The summed E-state index contributed by atoms with van der Waals surface area (Å²) in [7, 11) is 0. The molecule has 22 heavy (non-hydrogen) atoms. The lowest BCUT2D eigenvalue weighted by Gasteiger charge is -2.36. The Morgan fingerprint density at radius 2 is 2.00 bits per heavy atom. The van der Waals surface area contributed by atoms with E-state index in [1.165, 1.54) is 0 Å². The third-order valence-electron chi connectivity index (χ3n) is 3.84. The fourth-order valence-corrected chi connectivity index (χ4v) is 2.35. The maximum Gasteiger partial charge on any atom is 0.251 e. The zero-order chi connectivity index (χ0) is 15.4. The number of ether oxygens (including phenoxy) is 1. The molecule has 1 amide bonds. The Bertz CT molecular complexity index is 654. The molecule has 0 bridgehead atoms. The highest BCUT2D eigenvalue weighted by molar-refractivity contribution is 5.94. The molecule has 0 saturated heterocycles. The van der Waals surface area contributed by atoms with E-state index in [2.05, 4.69) is 10.3 Å². The molecule has 1 heterocycles. The fourth-order valence-electron chi connectivity index (χ4n) is 2.35. The molecule has 0 atom stereocenters. The molecular weight excluding hydrogens is 280 g/mol. The van der Waals surface area contributed by atoms with Crippen molar-refractivity contribution in [3.05, 3.63) is 54.4 Å². The Hall–Kier alpha value is -2.40. The van der Waals surface area contributed by atoms with Gasteiger partial charge in [0, 0.05) is 24.5 Å². The van der Waals surface area contributed by atoms with Crippen LogP contribution in [0, 0.1) is 0 Å². The first kappa shape index (κ1) is 14.5. The predicted molar refractivity (Wildman–Crippen MR) is 81.9 cm³/mol. The van der Waals surface area contributed by atoms with E-state index in [0.29, 0.717) is 23.6 Å². The van der Waals surface area contributed by atoms with E-state index in [1.807, 2.05) is 0 Å². The molecule has 0 spiro atoms. The number of amides is 1. The Morgan fingerprint density at radius 3 is 2.68 bits per heavy atom. The molecule has 1 aromatic carbocycles. The lowest BCUT2D eigenvalue weighted by atomic mass is 9.80. The van der Waals surface area contributed by atoms with Crippen LogP contribution in [0.15, 0.2) is 48.8 Å². The summed E-state index contributed by atoms with van der Waals surface area (Å²) >= 11 is 0. The van der Waals surface area contributed by atoms with Crippen LogP contribution < -0.4 is 10.1 Å². The molecule has 114 valence electrons. The zero-order valence-corrected chi connectivity index (χ0v) is 12.2. The van der Waals surface area contributed by atoms with Gasteiger partial charge < -0.3 is 15.2 Å². The Labute approximate surface area is 129 Å². The van der Waals surface area contributed by atoms with E-state index < -0.39 is 5.60 Å². The van der Waals surface area contributed by atoms with Crippen molar-refractivity contribution in [2.45, 2.75) is 24.9 Å². The van der Waals surface area contributed by atoms with Crippen LogP contribution >= 0.6 is 0 Å². The molecular formula is C17H18N2O3. The standard InChI is InChI=1S/C17H18N2O3/c20-16(19-12-17(21)7-2-8-17)13-3-1-4-15(11-13)22-14-5-9-18-10-6-14/h1,3-6,9-11,21H,2,7-8,12H2,(H,19,20). The summed E-state index contributed by atoms with van der Waals surface area (Å²) < 4.78 is 5.68. The highest BCUT2D eigenvalue weighted by Gasteiger charge is 2.34. The van der Waals surface area contributed by atoms with Crippen LogP contribution in [0.25, 0.3) is 0 Å². The van der Waals surface area contributed by atoms with Gasteiger partial charge in [0.15, 0.2) is 0 Å². The van der Waals surface area contributed by atoms with Crippen molar-refractivity contribution in [2.24, 2.45) is 0 Å². The quantitative estimate of drug-likeness (QED) is 0.889. The number of carbonyl (C=O) groups is 1. The van der Waals surface area contributed by atoms with Gasteiger partial charge in [0.2, 0.25) is 0 Å². The average Bonchev–Trinajstić information content (AvgIpc) is 2.52. The van der Waals surface area contributed by atoms with E-state index in [9.17, 15) is 9.90 Å². The number of aliphatic hydroxyl groups is 1. The van der Waals surface area contributed by atoms with Crippen LogP contribution in [-0.4, -0.2) is 28.1 Å². The summed E-state index contributed by atoms with van der Waals surface area (Å²) in [6, 6.07) is 10.5. The number of carbonyl (C=O) groups excluding carboxylic acids is 1. The fraction of sp³-hybridized carbons (Fsp3) is 0.294. The molecule has 1 aromatic heterocycles. The third-order valence-corrected chi connectivity index (χ3v) is 3.84. The minimum atomic E-state index is -0.721. The smallest absolute Gasteiger partial charge is 0.251 e. The molecule has 2 aromatic rings. The summed E-state index contributed by atoms with van der Waals surface area (Å²) in [5, 5.41) is 12.8. The van der Waals surface area contributed by atoms with Crippen molar-refractivity contribution in [3.63, 3.8) is 0 Å². The van der Waals surface area contributed by atoms with Crippen LogP contribution in [0.2, 0.25) is 0 Å².